The molecule has 7 heteroatoms. The van der Waals surface area contributed by atoms with E-state index < -0.39 is 0 Å². The highest BCUT2D eigenvalue weighted by atomic mass is 19.1. The number of benzene rings is 1. The summed E-state index contributed by atoms with van der Waals surface area (Å²) in [4.78, 5) is 19.3. The van der Waals surface area contributed by atoms with Crippen LogP contribution >= 0.6 is 0 Å². The van der Waals surface area contributed by atoms with Crippen LogP contribution < -0.4 is 4.74 Å². The number of carbonyl (C=O) groups excluding carboxylic acids is 1. The van der Waals surface area contributed by atoms with Crippen molar-refractivity contribution in [2.75, 3.05) is 7.11 Å². The van der Waals surface area contributed by atoms with Crippen LogP contribution in [0, 0.1) is 11.7 Å². The van der Waals surface area contributed by atoms with Crippen LogP contribution in [-0.2, 0) is 13.0 Å². The highest BCUT2D eigenvalue weighted by Gasteiger charge is 2.42. The molecule has 1 aliphatic rings. The van der Waals surface area contributed by atoms with Gasteiger partial charge in [-0.1, -0.05) is 26.0 Å². The molecular formula is C22H23FN4O2. The number of hydrogen-bond acceptors (Lipinski definition) is 4. The lowest BCUT2D eigenvalue weighted by Gasteiger charge is -2.26. The second kappa shape index (κ2) is 7.66. The molecular weight excluding hydrogens is 371 g/mol. The number of methoxy groups -OCH3 is 1. The predicted octanol–water partition coefficient (Wildman–Crippen LogP) is 3.90. The number of ether oxygens (including phenoxy) is 1. The molecule has 3 heterocycles. The molecule has 4 rings (SSSR count). The van der Waals surface area contributed by atoms with Crippen LogP contribution in [0.1, 0.15) is 52.9 Å². The molecule has 0 bridgehead atoms. The van der Waals surface area contributed by atoms with Gasteiger partial charge in [-0.15, -0.1) is 0 Å². The van der Waals surface area contributed by atoms with Gasteiger partial charge in [0.25, 0.3) is 5.91 Å². The highest BCUT2D eigenvalue weighted by Crippen LogP contribution is 2.41. The summed E-state index contributed by atoms with van der Waals surface area (Å²) in [6, 6.07) is 9.61. The lowest BCUT2D eigenvalue weighted by molar-refractivity contribution is 0.0727. The summed E-state index contributed by atoms with van der Waals surface area (Å²) in [5.74, 6) is 0.597. The summed E-state index contributed by atoms with van der Waals surface area (Å²) in [6.45, 7) is 4.56. The molecule has 1 amide bonds. The monoisotopic (exact) mass is 394 g/mol. The van der Waals surface area contributed by atoms with Gasteiger partial charge in [0.05, 0.1) is 31.6 Å². The van der Waals surface area contributed by atoms with Crippen LogP contribution in [-0.4, -0.2) is 33.1 Å². The van der Waals surface area contributed by atoms with Crippen molar-refractivity contribution in [1.29, 1.82) is 0 Å². The zero-order valence-corrected chi connectivity index (χ0v) is 16.6. The summed E-state index contributed by atoms with van der Waals surface area (Å²) >= 11 is 0. The third kappa shape index (κ3) is 3.60. The normalized spacial score (nSPS) is 15.8. The molecule has 1 N–H and O–H groups in total. The topological polar surface area (TPSA) is 71.1 Å². The van der Waals surface area contributed by atoms with E-state index in [1.165, 1.54) is 12.1 Å². The van der Waals surface area contributed by atoms with Gasteiger partial charge < -0.3 is 9.64 Å². The van der Waals surface area contributed by atoms with Crippen LogP contribution in [0.3, 0.4) is 0 Å². The molecule has 2 aromatic heterocycles. The van der Waals surface area contributed by atoms with Gasteiger partial charge in [-0.3, -0.25) is 14.9 Å². The average molecular weight is 394 g/mol. The first-order chi connectivity index (χ1) is 14.0. The third-order valence-corrected chi connectivity index (χ3v) is 5.10. The van der Waals surface area contributed by atoms with Gasteiger partial charge in [-0.2, -0.15) is 5.10 Å². The number of aromatic nitrogens is 3. The Hall–Kier alpha value is -3.22. The summed E-state index contributed by atoms with van der Waals surface area (Å²) < 4.78 is 18.7. The number of rotatable bonds is 6. The van der Waals surface area contributed by atoms with Gasteiger partial charge in [0, 0.05) is 11.3 Å². The lowest BCUT2D eigenvalue weighted by Crippen LogP contribution is -2.29. The zero-order valence-electron chi connectivity index (χ0n) is 16.6. The van der Waals surface area contributed by atoms with E-state index in [0.29, 0.717) is 23.9 Å². The van der Waals surface area contributed by atoms with Crippen molar-refractivity contribution in [2.24, 2.45) is 5.92 Å². The van der Waals surface area contributed by atoms with Gasteiger partial charge in [-0.25, -0.2) is 4.39 Å². The van der Waals surface area contributed by atoms with Crippen molar-refractivity contribution >= 4 is 5.91 Å². The van der Waals surface area contributed by atoms with Gasteiger partial charge in [0.15, 0.2) is 5.69 Å². The Morgan fingerprint density at radius 1 is 1.21 bits per heavy atom. The Morgan fingerprint density at radius 3 is 2.59 bits per heavy atom. The maximum absolute atomic E-state index is 13.5. The first kappa shape index (κ1) is 19.1. The molecule has 6 nitrogen and oxygen atoms in total. The molecule has 1 aromatic carbocycles. The molecule has 0 aliphatic carbocycles. The van der Waals surface area contributed by atoms with Crippen molar-refractivity contribution in [1.82, 2.24) is 20.1 Å². The van der Waals surface area contributed by atoms with Gasteiger partial charge >= 0.3 is 0 Å². The molecule has 0 saturated carbocycles. The summed E-state index contributed by atoms with van der Waals surface area (Å²) in [5, 5.41) is 7.36. The number of carbonyl (C=O) groups is 1. The number of amides is 1. The fourth-order valence-corrected chi connectivity index (χ4v) is 3.77. The molecule has 150 valence electrons. The number of nitrogens with one attached hydrogen (secondary N) is 1. The van der Waals surface area contributed by atoms with Crippen LogP contribution in [0.4, 0.5) is 4.39 Å². The van der Waals surface area contributed by atoms with Crippen LogP contribution in [0.5, 0.6) is 5.75 Å². The summed E-state index contributed by atoms with van der Waals surface area (Å²) in [7, 11) is 1.58. The largest absolute Gasteiger partial charge is 0.495 e. The molecule has 0 saturated heterocycles. The molecule has 0 spiro atoms. The fourth-order valence-electron chi connectivity index (χ4n) is 3.77. The number of aromatic amines is 1. The summed E-state index contributed by atoms with van der Waals surface area (Å²) in [6.07, 6.45) is 2.41. The van der Waals surface area contributed by atoms with E-state index in [4.69, 9.17) is 4.74 Å². The predicted molar refractivity (Wildman–Crippen MR) is 106 cm³/mol. The van der Waals surface area contributed by atoms with E-state index in [9.17, 15) is 9.18 Å². The van der Waals surface area contributed by atoms with Gasteiger partial charge in [0.2, 0.25) is 0 Å². The fraction of sp³-hybridized carbons (Fsp3) is 0.318. The van der Waals surface area contributed by atoms with E-state index >= 15 is 0 Å². The SMILES string of the molecule is COc1ccc(CN2C(=O)c3n[nH]c(CC(C)C)c3C2c2ccc(F)cc2)nc1. The average Bonchev–Trinajstić information content (AvgIpc) is 3.22. The first-order valence-corrected chi connectivity index (χ1v) is 9.60. The number of halogens is 1. The van der Waals surface area contributed by atoms with Gasteiger partial charge in [-0.05, 0) is 42.2 Å². The Labute approximate surface area is 168 Å². The third-order valence-electron chi connectivity index (χ3n) is 5.10. The van der Waals surface area contributed by atoms with Crippen molar-refractivity contribution < 1.29 is 13.9 Å². The minimum absolute atomic E-state index is 0.154. The molecule has 3 aromatic rings. The maximum Gasteiger partial charge on any atom is 0.275 e. The Morgan fingerprint density at radius 2 is 1.97 bits per heavy atom. The number of H-pyrrole nitrogens is 1. The lowest BCUT2D eigenvalue weighted by atomic mass is 9.95. The van der Waals surface area contributed by atoms with Crippen molar-refractivity contribution in [3.63, 3.8) is 0 Å². The summed E-state index contributed by atoms with van der Waals surface area (Å²) in [5.41, 5.74) is 3.85. The number of fused-ring (bicyclic) bond motifs is 1. The quantitative estimate of drug-likeness (QED) is 0.688. The van der Waals surface area contributed by atoms with E-state index in [1.807, 2.05) is 12.1 Å². The highest BCUT2D eigenvalue weighted by molar-refractivity contribution is 5.98. The molecule has 0 fully saturated rings. The Balaban J connectivity index is 1.75. The number of pyridine rings is 1. The molecule has 0 radical (unpaired) electrons. The molecule has 1 unspecified atom stereocenters. The second-order valence-corrected chi connectivity index (χ2v) is 7.64. The van der Waals surface area contributed by atoms with E-state index in [-0.39, 0.29) is 17.8 Å². The van der Waals surface area contributed by atoms with E-state index in [1.54, 1.807) is 30.3 Å². The first-order valence-electron chi connectivity index (χ1n) is 9.60. The molecule has 1 aliphatic heterocycles. The Bertz CT molecular complexity index is 1010. The van der Waals surface area contributed by atoms with Crippen LogP contribution in [0.2, 0.25) is 0 Å². The molecule has 29 heavy (non-hydrogen) atoms. The smallest absolute Gasteiger partial charge is 0.275 e. The zero-order chi connectivity index (χ0) is 20.5. The number of nitrogens with zero attached hydrogens (tertiary/aromatic N) is 3. The van der Waals surface area contributed by atoms with E-state index in [2.05, 4.69) is 29.0 Å². The standard InChI is InChI=1S/C22H23FN4O2/c1-13(2)10-18-19-20(26-25-18)22(28)27(12-16-8-9-17(29-3)11-24-16)21(19)14-4-6-15(23)7-5-14/h4-9,11,13,21H,10,12H2,1-3H3,(H,25,26). The van der Waals surface area contributed by atoms with E-state index in [0.717, 1.165) is 28.9 Å². The van der Waals surface area contributed by atoms with Crippen molar-refractivity contribution in [3.8, 4) is 5.75 Å². The maximum atomic E-state index is 13.5. The second-order valence-electron chi connectivity index (χ2n) is 7.64. The van der Waals surface area contributed by atoms with Crippen LogP contribution in [0.15, 0.2) is 42.6 Å². The van der Waals surface area contributed by atoms with Crippen molar-refractivity contribution in [3.05, 3.63) is 76.6 Å². The number of hydrogen-bond donors (Lipinski definition) is 1. The minimum atomic E-state index is -0.338. The van der Waals surface area contributed by atoms with Crippen LogP contribution in [0.25, 0.3) is 0 Å². The van der Waals surface area contributed by atoms with Gasteiger partial charge in [0.1, 0.15) is 11.6 Å². The van der Waals surface area contributed by atoms with Crippen molar-refractivity contribution in [2.45, 2.75) is 32.9 Å². The minimum Gasteiger partial charge on any atom is -0.495 e. The molecule has 1 atom stereocenters. The Kier molecular flexibility index (Phi) is 5.05.